The molecule has 1 aliphatic carbocycles. The van der Waals surface area contributed by atoms with Crippen LogP contribution in [0.2, 0.25) is 0 Å². The number of rotatable bonds is 9. The number of ether oxygens (including phenoxy) is 2. The van der Waals surface area contributed by atoms with Crippen molar-refractivity contribution in [2.75, 3.05) is 13.2 Å². The highest BCUT2D eigenvalue weighted by molar-refractivity contribution is 5.27. The van der Waals surface area contributed by atoms with Crippen LogP contribution in [0.15, 0.2) is 24.3 Å². The normalized spacial score (nSPS) is 22.2. The Kier molecular flexibility index (Phi) is 8.19. The van der Waals surface area contributed by atoms with E-state index in [1.54, 1.807) is 24.3 Å². The summed E-state index contributed by atoms with van der Waals surface area (Å²) in [5, 5.41) is 0. The van der Waals surface area contributed by atoms with Gasteiger partial charge in [0.05, 0.1) is 13.2 Å². The molecule has 0 aromatic heterocycles. The number of hydrogen-bond donors (Lipinski definition) is 0. The minimum atomic E-state index is -4.96. The van der Waals surface area contributed by atoms with E-state index in [4.69, 9.17) is 4.74 Å². The zero-order valence-electron chi connectivity index (χ0n) is 15.2. The van der Waals surface area contributed by atoms with Gasteiger partial charge in [0.15, 0.2) is 0 Å². The maximum Gasteiger partial charge on any atom is 0.445 e. The van der Waals surface area contributed by atoms with Crippen molar-refractivity contribution in [2.45, 2.75) is 64.4 Å². The highest BCUT2D eigenvalue weighted by atomic mass is 19.4. The second kappa shape index (κ2) is 10.1. The van der Waals surface area contributed by atoms with E-state index in [-0.39, 0.29) is 13.0 Å². The zero-order valence-corrected chi connectivity index (χ0v) is 15.2. The van der Waals surface area contributed by atoms with Gasteiger partial charge in [-0.3, -0.25) is 0 Å². The summed E-state index contributed by atoms with van der Waals surface area (Å²) < 4.78 is 58.7. The number of benzene rings is 1. The Labute approximate surface area is 152 Å². The molecular formula is C20H28F4O2. The van der Waals surface area contributed by atoms with Gasteiger partial charge in [-0.1, -0.05) is 44.7 Å². The van der Waals surface area contributed by atoms with Gasteiger partial charge in [0.1, 0.15) is 5.75 Å². The van der Waals surface area contributed by atoms with Crippen molar-refractivity contribution in [3.63, 3.8) is 0 Å². The third-order valence-corrected chi connectivity index (χ3v) is 4.98. The average molecular weight is 376 g/mol. The lowest BCUT2D eigenvalue weighted by molar-refractivity contribution is -0.264. The van der Waals surface area contributed by atoms with Crippen molar-refractivity contribution in [3.05, 3.63) is 29.8 Å². The fourth-order valence-electron chi connectivity index (χ4n) is 3.44. The van der Waals surface area contributed by atoms with E-state index >= 15 is 0 Å². The van der Waals surface area contributed by atoms with Crippen LogP contribution >= 0.6 is 0 Å². The van der Waals surface area contributed by atoms with Crippen molar-refractivity contribution in [1.29, 1.82) is 0 Å². The Balaban J connectivity index is 1.66. The van der Waals surface area contributed by atoms with E-state index in [1.165, 1.54) is 38.5 Å². The Bertz CT molecular complexity index is 508. The third kappa shape index (κ3) is 7.14. The minimum absolute atomic E-state index is 0.220. The van der Waals surface area contributed by atoms with Gasteiger partial charge in [0.25, 0.3) is 6.36 Å². The van der Waals surface area contributed by atoms with Crippen LogP contribution < -0.4 is 4.74 Å². The first-order chi connectivity index (χ1) is 12.4. The summed E-state index contributed by atoms with van der Waals surface area (Å²) in [7, 11) is 0. The van der Waals surface area contributed by atoms with Crippen molar-refractivity contribution in [2.24, 2.45) is 11.8 Å². The Morgan fingerprint density at radius 2 is 1.65 bits per heavy atom. The van der Waals surface area contributed by atoms with Crippen molar-refractivity contribution < 1.29 is 27.0 Å². The molecule has 0 saturated heterocycles. The zero-order chi connectivity index (χ0) is 19.0. The SMILES string of the molecule is CCCC1CCC(COc2ccc(CCOC(F)C(F)(F)F)cc2)CC1. The van der Waals surface area contributed by atoms with Crippen LogP contribution in [0.5, 0.6) is 5.75 Å². The van der Waals surface area contributed by atoms with Gasteiger partial charge >= 0.3 is 6.18 Å². The smallest absolute Gasteiger partial charge is 0.445 e. The summed E-state index contributed by atoms with van der Waals surface area (Å²) >= 11 is 0. The van der Waals surface area contributed by atoms with Crippen molar-refractivity contribution in [3.8, 4) is 5.75 Å². The summed E-state index contributed by atoms with van der Waals surface area (Å²) in [4.78, 5) is 0. The molecule has 1 aliphatic rings. The van der Waals surface area contributed by atoms with Crippen molar-refractivity contribution in [1.82, 2.24) is 0 Å². The lowest BCUT2D eigenvalue weighted by atomic mass is 9.80. The molecule has 1 atom stereocenters. The van der Waals surface area contributed by atoms with Crippen LogP contribution in [0.3, 0.4) is 0 Å². The fourth-order valence-corrected chi connectivity index (χ4v) is 3.44. The molecule has 6 heteroatoms. The van der Waals surface area contributed by atoms with E-state index in [0.717, 1.165) is 17.2 Å². The second-order valence-electron chi connectivity index (χ2n) is 7.11. The summed E-state index contributed by atoms with van der Waals surface area (Å²) in [6.07, 6.45) is -0.393. The van der Waals surface area contributed by atoms with Crippen LogP contribution in [-0.4, -0.2) is 25.7 Å². The second-order valence-corrected chi connectivity index (χ2v) is 7.11. The Morgan fingerprint density at radius 1 is 1.04 bits per heavy atom. The molecule has 0 amide bonds. The van der Waals surface area contributed by atoms with E-state index in [0.29, 0.717) is 12.5 Å². The van der Waals surface area contributed by atoms with E-state index in [2.05, 4.69) is 11.7 Å². The summed E-state index contributed by atoms with van der Waals surface area (Å²) in [6.45, 7) is 2.62. The Morgan fingerprint density at radius 3 is 2.23 bits per heavy atom. The van der Waals surface area contributed by atoms with Crippen molar-refractivity contribution >= 4 is 0 Å². The van der Waals surface area contributed by atoms with Crippen LogP contribution in [0, 0.1) is 11.8 Å². The largest absolute Gasteiger partial charge is 0.493 e. The maximum atomic E-state index is 12.7. The van der Waals surface area contributed by atoms with E-state index < -0.39 is 12.5 Å². The molecule has 0 spiro atoms. The van der Waals surface area contributed by atoms with Gasteiger partial charge in [0, 0.05) is 0 Å². The van der Waals surface area contributed by atoms with Crippen LogP contribution in [0.4, 0.5) is 17.6 Å². The minimum Gasteiger partial charge on any atom is -0.493 e. The first-order valence-electron chi connectivity index (χ1n) is 9.42. The van der Waals surface area contributed by atoms with E-state index in [1.807, 2.05) is 0 Å². The van der Waals surface area contributed by atoms with Gasteiger partial charge in [0.2, 0.25) is 0 Å². The maximum absolute atomic E-state index is 12.7. The lowest BCUT2D eigenvalue weighted by Crippen LogP contribution is -2.27. The average Bonchev–Trinajstić information content (AvgIpc) is 2.61. The molecule has 2 rings (SSSR count). The van der Waals surface area contributed by atoms with E-state index in [9.17, 15) is 17.6 Å². The van der Waals surface area contributed by atoms with Gasteiger partial charge < -0.3 is 9.47 Å². The highest BCUT2D eigenvalue weighted by Gasteiger charge is 2.41. The molecule has 0 N–H and O–H groups in total. The Hall–Kier alpha value is -1.30. The quantitative estimate of drug-likeness (QED) is 0.486. The lowest BCUT2D eigenvalue weighted by Gasteiger charge is -2.28. The standard InChI is InChI=1S/C20H28F4O2/c1-2-3-15-4-6-17(7-5-15)14-26-18-10-8-16(9-11-18)12-13-25-19(21)20(22,23)24/h8-11,15,17,19H,2-7,12-14H2,1H3. The molecule has 1 aromatic carbocycles. The van der Waals surface area contributed by atoms with Gasteiger partial charge in [-0.25, -0.2) is 4.39 Å². The monoisotopic (exact) mass is 376 g/mol. The molecule has 0 bridgehead atoms. The fraction of sp³-hybridized carbons (Fsp3) is 0.700. The first-order valence-corrected chi connectivity index (χ1v) is 9.42. The molecule has 1 unspecified atom stereocenters. The topological polar surface area (TPSA) is 18.5 Å². The molecule has 1 saturated carbocycles. The van der Waals surface area contributed by atoms with Gasteiger partial charge in [-0.05, 0) is 48.8 Å². The number of alkyl halides is 4. The van der Waals surface area contributed by atoms with Crippen LogP contribution in [0.25, 0.3) is 0 Å². The predicted molar refractivity (Wildman–Crippen MR) is 92.9 cm³/mol. The molecule has 148 valence electrons. The van der Waals surface area contributed by atoms with Crippen LogP contribution in [-0.2, 0) is 11.2 Å². The van der Waals surface area contributed by atoms with Gasteiger partial charge in [-0.15, -0.1) is 0 Å². The number of hydrogen-bond acceptors (Lipinski definition) is 2. The van der Waals surface area contributed by atoms with Crippen LogP contribution in [0.1, 0.15) is 51.0 Å². The molecule has 0 heterocycles. The number of halogens is 4. The summed E-state index contributed by atoms with van der Waals surface area (Å²) in [5.41, 5.74) is 0.784. The molecule has 2 nitrogen and oxygen atoms in total. The van der Waals surface area contributed by atoms with Gasteiger partial charge in [-0.2, -0.15) is 13.2 Å². The predicted octanol–water partition coefficient (Wildman–Crippen LogP) is 6.09. The molecule has 1 fully saturated rings. The molecule has 1 aromatic rings. The third-order valence-electron chi connectivity index (χ3n) is 4.98. The first kappa shape index (κ1) is 21.0. The summed E-state index contributed by atoms with van der Waals surface area (Å²) in [5.74, 6) is 2.23. The molecule has 0 radical (unpaired) electrons. The highest BCUT2D eigenvalue weighted by Crippen LogP contribution is 2.32. The molecular weight excluding hydrogens is 348 g/mol. The molecule has 26 heavy (non-hydrogen) atoms. The molecule has 0 aliphatic heterocycles. The summed E-state index contributed by atoms with van der Waals surface area (Å²) in [6, 6.07) is 7.15.